The third kappa shape index (κ3) is 3.00. The maximum atomic E-state index is 5.95. The topological polar surface area (TPSA) is 64.9 Å². The lowest BCUT2D eigenvalue weighted by molar-refractivity contribution is 0.339. The van der Waals surface area contributed by atoms with Gasteiger partial charge in [0.05, 0.1) is 0 Å². The van der Waals surface area contributed by atoms with Gasteiger partial charge in [-0.25, -0.2) is 0 Å². The molecule has 0 amide bonds. The Hall–Kier alpha value is -1.84. The predicted octanol–water partition coefficient (Wildman–Crippen LogP) is 3.83. The van der Waals surface area contributed by atoms with E-state index in [0.29, 0.717) is 17.4 Å². The highest BCUT2D eigenvalue weighted by Crippen LogP contribution is 2.27. The molecule has 0 radical (unpaired) electrons. The van der Waals surface area contributed by atoms with E-state index in [9.17, 15) is 0 Å². The van der Waals surface area contributed by atoms with Crippen LogP contribution in [-0.4, -0.2) is 10.1 Å². The molecule has 1 heterocycles. The van der Waals surface area contributed by atoms with Crippen molar-refractivity contribution in [3.05, 3.63) is 30.2 Å². The van der Waals surface area contributed by atoms with Crippen LogP contribution in [-0.2, 0) is 6.42 Å². The first-order chi connectivity index (χ1) is 9.83. The molecule has 1 aromatic carbocycles. The molecule has 106 valence electrons. The summed E-state index contributed by atoms with van der Waals surface area (Å²) in [5, 5.41) is 4.07. The molecule has 2 aromatic rings. The van der Waals surface area contributed by atoms with E-state index in [4.69, 9.17) is 10.3 Å². The maximum absolute atomic E-state index is 5.95. The molecule has 2 N–H and O–H groups in total. The van der Waals surface area contributed by atoms with E-state index in [1.165, 1.54) is 38.5 Å². The summed E-state index contributed by atoms with van der Waals surface area (Å²) >= 11 is 0. The molecule has 0 aliphatic heterocycles. The fourth-order valence-electron chi connectivity index (χ4n) is 2.96. The van der Waals surface area contributed by atoms with Crippen LogP contribution in [0.3, 0.4) is 0 Å². The Morgan fingerprint density at radius 1 is 1.10 bits per heavy atom. The van der Waals surface area contributed by atoms with Crippen LogP contribution in [0.5, 0.6) is 0 Å². The molecule has 0 unspecified atom stereocenters. The molecule has 0 bridgehead atoms. The lowest BCUT2D eigenvalue weighted by Gasteiger charge is -2.09. The molecule has 0 spiro atoms. The van der Waals surface area contributed by atoms with E-state index in [0.717, 1.165) is 17.9 Å². The van der Waals surface area contributed by atoms with Crippen LogP contribution in [0.15, 0.2) is 28.8 Å². The zero-order valence-corrected chi connectivity index (χ0v) is 11.7. The van der Waals surface area contributed by atoms with E-state index < -0.39 is 0 Å². The Morgan fingerprint density at radius 2 is 1.85 bits per heavy atom. The molecular weight excluding hydrogens is 250 g/mol. The molecule has 4 heteroatoms. The van der Waals surface area contributed by atoms with Crippen LogP contribution in [0.2, 0.25) is 0 Å². The van der Waals surface area contributed by atoms with E-state index >= 15 is 0 Å². The number of hydrogen-bond acceptors (Lipinski definition) is 4. The summed E-state index contributed by atoms with van der Waals surface area (Å²) in [6, 6.07) is 7.63. The van der Waals surface area contributed by atoms with Crippen molar-refractivity contribution in [2.75, 3.05) is 5.73 Å². The number of anilines is 1. The summed E-state index contributed by atoms with van der Waals surface area (Å²) in [7, 11) is 0. The van der Waals surface area contributed by atoms with Crippen molar-refractivity contribution in [1.82, 2.24) is 10.1 Å². The number of rotatable bonds is 3. The monoisotopic (exact) mass is 271 g/mol. The highest BCUT2D eigenvalue weighted by Gasteiger charge is 2.17. The summed E-state index contributed by atoms with van der Waals surface area (Å²) in [4.78, 5) is 4.51. The SMILES string of the molecule is Nc1ccccc1-c1noc(CC2CCCCCC2)n1. The van der Waals surface area contributed by atoms with E-state index in [1.54, 1.807) is 0 Å². The Kier molecular flexibility index (Phi) is 4.00. The highest BCUT2D eigenvalue weighted by atomic mass is 16.5. The van der Waals surface area contributed by atoms with Gasteiger partial charge in [0.15, 0.2) is 0 Å². The molecule has 1 aliphatic carbocycles. The Bertz CT molecular complexity index is 556. The van der Waals surface area contributed by atoms with Gasteiger partial charge in [0.1, 0.15) is 0 Å². The zero-order chi connectivity index (χ0) is 13.8. The first-order valence-corrected chi connectivity index (χ1v) is 7.50. The van der Waals surface area contributed by atoms with Crippen molar-refractivity contribution in [1.29, 1.82) is 0 Å². The first kappa shape index (κ1) is 13.2. The maximum Gasteiger partial charge on any atom is 0.227 e. The Labute approximate surface area is 119 Å². The molecule has 1 saturated carbocycles. The zero-order valence-electron chi connectivity index (χ0n) is 11.7. The summed E-state index contributed by atoms with van der Waals surface area (Å²) in [5.41, 5.74) is 7.48. The smallest absolute Gasteiger partial charge is 0.227 e. The summed E-state index contributed by atoms with van der Waals surface area (Å²) in [6.07, 6.45) is 8.86. The van der Waals surface area contributed by atoms with Crippen LogP contribution < -0.4 is 5.73 Å². The standard InChI is InChI=1S/C16H21N3O/c17-14-10-6-5-9-13(14)16-18-15(20-19-16)11-12-7-3-1-2-4-8-12/h5-6,9-10,12H,1-4,7-8,11,17H2. The van der Waals surface area contributed by atoms with Gasteiger partial charge in [-0.1, -0.05) is 43.0 Å². The van der Waals surface area contributed by atoms with Gasteiger partial charge in [0, 0.05) is 17.7 Å². The van der Waals surface area contributed by atoms with Crippen LogP contribution in [0.4, 0.5) is 5.69 Å². The lowest BCUT2D eigenvalue weighted by atomic mass is 9.97. The van der Waals surface area contributed by atoms with Gasteiger partial charge >= 0.3 is 0 Å². The van der Waals surface area contributed by atoms with Gasteiger partial charge in [-0.3, -0.25) is 0 Å². The van der Waals surface area contributed by atoms with Crippen LogP contribution in [0.25, 0.3) is 11.4 Å². The minimum Gasteiger partial charge on any atom is -0.398 e. The van der Waals surface area contributed by atoms with E-state index in [2.05, 4.69) is 10.1 Å². The number of benzene rings is 1. The van der Waals surface area contributed by atoms with Gasteiger partial charge in [-0.2, -0.15) is 4.98 Å². The van der Waals surface area contributed by atoms with Crippen LogP contribution in [0.1, 0.15) is 44.4 Å². The Morgan fingerprint density at radius 3 is 2.60 bits per heavy atom. The highest BCUT2D eigenvalue weighted by molar-refractivity contribution is 5.70. The van der Waals surface area contributed by atoms with E-state index in [1.807, 2.05) is 24.3 Å². The number of hydrogen-bond donors (Lipinski definition) is 1. The quantitative estimate of drug-likeness (QED) is 0.680. The molecule has 0 saturated heterocycles. The first-order valence-electron chi connectivity index (χ1n) is 7.50. The molecule has 1 fully saturated rings. The minimum absolute atomic E-state index is 0.603. The molecule has 1 aliphatic rings. The third-order valence-corrected chi connectivity index (χ3v) is 4.11. The lowest BCUT2D eigenvalue weighted by Crippen LogP contribution is -2.03. The van der Waals surface area contributed by atoms with Gasteiger partial charge in [0.25, 0.3) is 0 Å². The average molecular weight is 271 g/mol. The van der Waals surface area contributed by atoms with E-state index in [-0.39, 0.29) is 0 Å². The van der Waals surface area contributed by atoms with Crippen molar-refractivity contribution in [2.45, 2.75) is 44.9 Å². The molecular formula is C16H21N3O. The van der Waals surface area contributed by atoms with Crippen LogP contribution >= 0.6 is 0 Å². The fourth-order valence-corrected chi connectivity index (χ4v) is 2.96. The molecule has 4 nitrogen and oxygen atoms in total. The average Bonchev–Trinajstić information content (AvgIpc) is 2.75. The second kappa shape index (κ2) is 6.07. The largest absolute Gasteiger partial charge is 0.398 e. The third-order valence-electron chi connectivity index (χ3n) is 4.11. The fraction of sp³-hybridized carbons (Fsp3) is 0.500. The second-order valence-corrected chi connectivity index (χ2v) is 5.66. The van der Waals surface area contributed by atoms with Crippen LogP contribution in [0, 0.1) is 5.92 Å². The van der Waals surface area contributed by atoms with Gasteiger partial charge in [-0.05, 0) is 30.9 Å². The Balaban J connectivity index is 1.72. The number of aromatic nitrogens is 2. The number of nitrogens with two attached hydrogens (primary N) is 1. The molecule has 20 heavy (non-hydrogen) atoms. The number of nitrogen functional groups attached to an aromatic ring is 1. The molecule has 3 rings (SSSR count). The normalized spacial score (nSPS) is 17.0. The van der Waals surface area contributed by atoms with Crippen molar-refractivity contribution < 1.29 is 4.52 Å². The summed E-state index contributed by atoms with van der Waals surface area (Å²) in [5.74, 6) is 2.04. The van der Waals surface area contributed by atoms with Gasteiger partial charge < -0.3 is 10.3 Å². The van der Waals surface area contributed by atoms with Crippen molar-refractivity contribution in [2.24, 2.45) is 5.92 Å². The van der Waals surface area contributed by atoms with Crippen molar-refractivity contribution in [3.63, 3.8) is 0 Å². The minimum atomic E-state index is 0.603. The van der Waals surface area contributed by atoms with Gasteiger partial charge in [0.2, 0.25) is 11.7 Å². The van der Waals surface area contributed by atoms with Crippen molar-refractivity contribution in [3.8, 4) is 11.4 Å². The molecule has 1 aromatic heterocycles. The molecule has 0 atom stereocenters. The number of para-hydroxylation sites is 1. The summed E-state index contributed by atoms with van der Waals surface area (Å²) < 4.78 is 5.40. The second-order valence-electron chi connectivity index (χ2n) is 5.66. The number of nitrogens with zero attached hydrogens (tertiary/aromatic N) is 2. The van der Waals surface area contributed by atoms with Gasteiger partial charge in [-0.15, -0.1) is 0 Å². The van der Waals surface area contributed by atoms with Crippen molar-refractivity contribution >= 4 is 5.69 Å². The predicted molar refractivity (Wildman–Crippen MR) is 79.0 cm³/mol. The summed E-state index contributed by atoms with van der Waals surface area (Å²) in [6.45, 7) is 0.